The number of carbonyl (C=O) groups is 1. The van der Waals surface area contributed by atoms with Crippen LogP contribution in [0.25, 0.3) is 11.3 Å². The number of esters is 1. The summed E-state index contributed by atoms with van der Waals surface area (Å²) in [6.07, 6.45) is 0. The molecule has 18 heavy (non-hydrogen) atoms. The summed E-state index contributed by atoms with van der Waals surface area (Å²) in [6, 6.07) is 7.66. The molecule has 3 nitrogen and oxygen atoms in total. The van der Waals surface area contributed by atoms with Crippen LogP contribution in [0.15, 0.2) is 32.7 Å². The van der Waals surface area contributed by atoms with E-state index in [1.54, 1.807) is 6.92 Å². The van der Waals surface area contributed by atoms with Gasteiger partial charge in [0.25, 0.3) is 0 Å². The van der Waals surface area contributed by atoms with Gasteiger partial charge in [-0.25, -0.2) is 9.78 Å². The molecule has 0 aliphatic heterocycles. The fourth-order valence-electron chi connectivity index (χ4n) is 1.46. The van der Waals surface area contributed by atoms with Gasteiger partial charge in [-0.05, 0) is 35.0 Å². The number of thiazole rings is 1. The van der Waals surface area contributed by atoms with E-state index in [1.165, 1.54) is 11.3 Å². The summed E-state index contributed by atoms with van der Waals surface area (Å²) < 4.78 is 6.64. The Morgan fingerprint density at radius 2 is 2.22 bits per heavy atom. The molecule has 2 rings (SSSR count). The molecule has 1 aromatic heterocycles. The van der Waals surface area contributed by atoms with E-state index in [0.717, 1.165) is 10.0 Å². The van der Waals surface area contributed by atoms with E-state index in [-0.39, 0.29) is 5.97 Å². The summed E-state index contributed by atoms with van der Waals surface area (Å²) in [6.45, 7) is 2.14. The van der Waals surface area contributed by atoms with Crippen molar-refractivity contribution in [3.63, 3.8) is 0 Å². The zero-order valence-corrected chi connectivity index (χ0v) is 13.4. The highest BCUT2D eigenvalue weighted by atomic mass is 79.9. The van der Waals surface area contributed by atoms with Crippen LogP contribution in [0.5, 0.6) is 0 Å². The minimum atomic E-state index is -0.337. The topological polar surface area (TPSA) is 39.2 Å². The van der Waals surface area contributed by atoms with Crippen molar-refractivity contribution in [2.75, 3.05) is 6.61 Å². The van der Waals surface area contributed by atoms with Crippen molar-refractivity contribution in [3.05, 3.63) is 37.5 Å². The number of halogens is 2. The molecule has 0 fully saturated rings. The van der Waals surface area contributed by atoms with Crippen molar-refractivity contribution in [1.82, 2.24) is 4.98 Å². The highest BCUT2D eigenvalue weighted by Gasteiger charge is 2.19. The van der Waals surface area contributed by atoms with Gasteiger partial charge in [0.05, 0.1) is 12.3 Å². The van der Waals surface area contributed by atoms with E-state index in [0.29, 0.717) is 21.1 Å². The second kappa shape index (κ2) is 5.95. The van der Waals surface area contributed by atoms with E-state index in [4.69, 9.17) is 4.74 Å². The molecule has 0 aliphatic carbocycles. The third kappa shape index (κ3) is 2.99. The lowest BCUT2D eigenvalue weighted by molar-refractivity contribution is 0.0532. The van der Waals surface area contributed by atoms with Gasteiger partial charge < -0.3 is 4.74 Å². The number of rotatable bonds is 3. The Labute approximate surface area is 125 Å². The van der Waals surface area contributed by atoms with Gasteiger partial charge in [0.1, 0.15) is 4.88 Å². The Bertz CT molecular complexity index is 583. The average Bonchev–Trinajstić information content (AvgIpc) is 2.72. The number of hydrogen-bond acceptors (Lipinski definition) is 4. The molecule has 0 unspecified atom stereocenters. The first-order chi connectivity index (χ1) is 8.61. The first-order valence-electron chi connectivity index (χ1n) is 5.21. The Morgan fingerprint density at radius 3 is 2.89 bits per heavy atom. The fourth-order valence-corrected chi connectivity index (χ4v) is 3.23. The van der Waals surface area contributed by atoms with E-state index in [1.807, 2.05) is 24.3 Å². The molecule has 0 radical (unpaired) electrons. The Hall–Kier alpha value is -0.720. The summed E-state index contributed by atoms with van der Waals surface area (Å²) in [5.74, 6) is -0.337. The number of aromatic nitrogens is 1. The molecule has 1 heterocycles. The Kier molecular flexibility index (Phi) is 4.53. The molecule has 0 N–H and O–H groups in total. The van der Waals surface area contributed by atoms with Gasteiger partial charge in [0.2, 0.25) is 0 Å². The normalized spacial score (nSPS) is 10.4. The van der Waals surface area contributed by atoms with Crippen molar-refractivity contribution in [1.29, 1.82) is 0 Å². The van der Waals surface area contributed by atoms with E-state index in [9.17, 15) is 4.79 Å². The van der Waals surface area contributed by atoms with E-state index < -0.39 is 0 Å². The van der Waals surface area contributed by atoms with Crippen LogP contribution in [-0.2, 0) is 4.74 Å². The van der Waals surface area contributed by atoms with Gasteiger partial charge in [-0.1, -0.05) is 39.4 Å². The van der Waals surface area contributed by atoms with Crippen molar-refractivity contribution in [2.24, 2.45) is 0 Å². The summed E-state index contributed by atoms with van der Waals surface area (Å²) in [4.78, 5) is 16.7. The van der Waals surface area contributed by atoms with Crippen LogP contribution < -0.4 is 0 Å². The molecule has 0 bridgehead atoms. The zero-order valence-electron chi connectivity index (χ0n) is 9.44. The molecule has 0 saturated heterocycles. The van der Waals surface area contributed by atoms with Crippen LogP contribution in [0, 0.1) is 0 Å². The van der Waals surface area contributed by atoms with Crippen molar-refractivity contribution in [3.8, 4) is 11.3 Å². The molecular weight excluding hydrogens is 382 g/mol. The lowest BCUT2D eigenvalue weighted by Crippen LogP contribution is -2.03. The van der Waals surface area contributed by atoms with Crippen LogP contribution in [0.4, 0.5) is 0 Å². The van der Waals surface area contributed by atoms with Gasteiger partial charge in [-0.2, -0.15) is 0 Å². The number of nitrogens with zero attached hydrogens (tertiary/aromatic N) is 1. The summed E-state index contributed by atoms with van der Waals surface area (Å²) in [7, 11) is 0. The molecule has 0 saturated carbocycles. The van der Waals surface area contributed by atoms with Crippen LogP contribution in [0.1, 0.15) is 16.6 Å². The zero-order chi connectivity index (χ0) is 13.1. The smallest absolute Gasteiger partial charge is 0.350 e. The standard InChI is InChI=1S/C12H9Br2NO2S/c1-2-17-11(16)10-9(15-12(14)18-10)7-4-3-5-8(13)6-7/h3-6H,2H2,1H3. The molecule has 1 aromatic carbocycles. The molecule has 0 spiro atoms. The van der Waals surface area contributed by atoms with E-state index in [2.05, 4.69) is 36.8 Å². The molecule has 94 valence electrons. The number of benzene rings is 1. The van der Waals surface area contributed by atoms with Crippen LogP contribution in [0.3, 0.4) is 0 Å². The number of hydrogen-bond donors (Lipinski definition) is 0. The largest absolute Gasteiger partial charge is 0.462 e. The molecule has 0 atom stereocenters. The highest BCUT2D eigenvalue weighted by Crippen LogP contribution is 2.32. The number of carbonyl (C=O) groups excluding carboxylic acids is 1. The maximum atomic E-state index is 11.9. The van der Waals surface area contributed by atoms with Crippen LogP contribution in [-0.4, -0.2) is 17.6 Å². The Morgan fingerprint density at radius 1 is 1.44 bits per heavy atom. The predicted octanol–water partition coefficient (Wildman–Crippen LogP) is 4.51. The van der Waals surface area contributed by atoms with Crippen molar-refractivity contribution >= 4 is 49.2 Å². The Balaban J connectivity index is 2.47. The van der Waals surface area contributed by atoms with Gasteiger partial charge >= 0.3 is 5.97 Å². The maximum absolute atomic E-state index is 11.9. The van der Waals surface area contributed by atoms with Crippen LogP contribution in [0.2, 0.25) is 0 Å². The molecule has 6 heteroatoms. The summed E-state index contributed by atoms with van der Waals surface area (Å²) in [5, 5.41) is 0. The second-order valence-corrected chi connectivity index (χ2v) is 6.57. The minimum Gasteiger partial charge on any atom is -0.462 e. The monoisotopic (exact) mass is 389 g/mol. The SMILES string of the molecule is CCOC(=O)c1sc(Br)nc1-c1cccc(Br)c1. The lowest BCUT2D eigenvalue weighted by Gasteiger charge is -2.02. The average molecular weight is 391 g/mol. The first kappa shape index (κ1) is 13.7. The van der Waals surface area contributed by atoms with Gasteiger partial charge in [-0.15, -0.1) is 0 Å². The molecule has 0 aliphatic rings. The molecule has 0 amide bonds. The van der Waals surface area contributed by atoms with Gasteiger partial charge in [-0.3, -0.25) is 0 Å². The lowest BCUT2D eigenvalue weighted by atomic mass is 10.1. The third-order valence-corrected chi connectivity index (χ3v) is 4.14. The summed E-state index contributed by atoms with van der Waals surface area (Å²) in [5.41, 5.74) is 1.53. The fraction of sp³-hybridized carbons (Fsp3) is 0.167. The quantitative estimate of drug-likeness (QED) is 0.723. The molecule has 2 aromatic rings. The third-order valence-electron chi connectivity index (χ3n) is 2.16. The predicted molar refractivity (Wildman–Crippen MR) is 78.9 cm³/mol. The first-order valence-corrected chi connectivity index (χ1v) is 7.61. The summed E-state index contributed by atoms with van der Waals surface area (Å²) >= 11 is 7.99. The minimum absolute atomic E-state index is 0.337. The molecular formula is C12H9Br2NO2S. The maximum Gasteiger partial charge on any atom is 0.350 e. The highest BCUT2D eigenvalue weighted by molar-refractivity contribution is 9.11. The van der Waals surface area contributed by atoms with Crippen molar-refractivity contribution < 1.29 is 9.53 Å². The second-order valence-electron chi connectivity index (χ2n) is 3.38. The van der Waals surface area contributed by atoms with Crippen molar-refractivity contribution in [2.45, 2.75) is 6.92 Å². The van der Waals surface area contributed by atoms with Gasteiger partial charge in [0, 0.05) is 10.0 Å². The van der Waals surface area contributed by atoms with Gasteiger partial charge in [0.15, 0.2) is 3.92 Å². The number of ether oxygens (including phenoxy) is 1. The van der Waals surface area contributed by atoms with Crippen LogP contribution >= 0.6 is 43.2 Å². The van der Waals surface area contributed by atoms with E-state index >= 15 is 0 Å².